The minimum Gasteiger partial charge on any atom is -0.378 e. The molecule has 0 unspecified atom stereocenters. The second-order valence-corrected chi connectivity index (χ2v) is 6.00. The molecule has 4 nitrogen and oxygen atoms in total. The topological polar surface area (TPSA) is 45.3 Å². The van der Waals surface area contributed by atoms with E-state index in [4.69, 9.17) is 4.74 Å². The quantitative estimate of drug-likeness (QED) is 0.863. The highest BCUT2D eigenvalue weighted by molar-refractivity contribution is 9.10. The van der Waals surface area contributed by atoms with Gasteiger partial charge in [0.05, 0.1) is 18.9 Å². The zero-order valence-corrected chi connectivity index (χ0v) is 13.4. The van der Waals surface area contributed by atoms with Crippen LogP contribution in [-0.4, -0.2) is 37.1 Å². The number of aromatic amines is 1. The SMILES string of the molecule is CC(=O)c1[nH]cc(-c2ccc(Br)cc2)c1N1CCOCC1. The number of nitrogens with zero attached hydrogens (tertiary/aromatic N) is 1. The first-order chi connectivity index (χ1) is 10.2. The van der Waals surface area contributed by atoms with Crippen LogP contribution in [0.15, 0.2) is 34.9 Å². The van der Waals surface area contributed by atoms with Crippen LogP contribution in [-0.2, 0) is 4.74 Å². The molecule has 1 fully saturated rings. The zero-order chi connectivity index (χ0) is 14.8. The number of nitrogens with one attached hydrogen (secondary N) is 1. The predicted octanol–water partition coefficient (Wildman–Crippen LogP) is 3.48. The van der Waals surface area contributed by atoms with E-state index >= 15 is 0 Å². The Labute approximate surface area is 132 Å². The van der Waals surface area contributed by atoms with Crippen LogP contribution < -0.4 is 4.90 Å². The molecule has 3 rings (SSSR count). The number of hydrogen-bond acceptors (Lipinski definition) is 3. The van der Waals surface area contributed by atoms with Crippen molar-refractivity contribution >= 4 is 27.4 Å². The molecule has 2 heterocycles. The van der Waals surface area contributed by atoms with Crippen molar-refractivity contribution < 1.29 is 9.53 Å². The molecule has 0 aliphatic carbocycles. The van der Waals surface area contributed by atoms with E-state index in [0.717, 1.165) is 34.4 Å². The lowest BCUT2D eigenvalue weighted by Gasteiger charge is -2.30. The lowest BCUT2D eigenvalue weighted by atomic mass is 10.0. The van der Waals surface area contributed by atoms with Crippen molar-refractivity contribution in [1.29, 1.82) is 0 Å². The number of morpholine rings is 1. The third-order valence-corrected chi connectivity index (χ3v) is 4.22. The summed E-state index contributed by atoms with van der Waals surface area (Å²) in [6, 6.07) is 8.14. The Morgan fingerprint density at radius 1 is 1.24 bits per heavy atom. The first kappa shape index (κ1) is 14.4. The molecule has 0 atom stereocenters. The Morgan fingerprint density at radius 3 is 2.52 bits per heavy atom. The number of H-pyrrole nitrogens is 1. The van der Waals surface area contributed by atoms with E-state index in [-0.39, 0.29) is 5.78 Å². The molecule has 2 aromatic rings. The maximum absolute atomic E-state index is 11.9. The third-order valence-electron chi connectivity index (χ3n) is 3.69. The molecular formula is C16H17BrN2O2. The van der Waals surface area contributed by atoms with Gasteiger partial charge in [-0.05, 0) is 17.7 Å². The van der Waals surface area contributed by atoms with Gasteiger partial charge in [-0.15, -0.1) is 0 Å². The number of halogens is 1. The predicted molar refractivity (Wildman–Crippen MR) is 87.0 cm³/mol. The van der Waals surface area contributed by atoms with E-state index in [0.29, 0.717) is 18.9 Å². The van der Waals surface area contributed by atoms with Crippen molar-refractivity contribution in [2.75, 3.05) is 31.2 Å². The largest absolute Gasteiger partial charge is 0.378 e. The standard InChI is InChI=1S/C16H17BrN2O2/c1-11(20)15-16(19-6-8-21-9-7-19)14(10-18-15)12-2-4-13(17)5-3-12/h2-5,10,18H,6-9H2,1H3. The fourth-order valence-electron chi connectivity index (χ4n) is 2.65. The van der Waals surface area contributed by atoms with Crippen LogP contribution in [0.3, 0.4) is 0 Å². The van der Waals surface area contributed by atoms with Gasteiger partial charge in [0.15, 0.2) is 5.78 Å². The van der Waals surface area contributed by atoms with Crippen molar-refractivity contribution in [2.24, 2.45) is 0 Å². The Hall–Kier alpha value is -1.59. The smallest absolute Gasteiger partial charge is 0.178 e. The fraction of sp³-hybridized carbons (Fsp3) is 0.312. The van der Waals surface area contributed by atoms with Crippen LogP contribution >= 0.6 is 15.9 Å². The molecule has 1 N–H and O–H groups in total. The molecule has 0 amide bonds. The number of aromatic nitrogens is 1. The normalized spacial score (nSPS) is 15.2. The Balaban J connectivity index is 2.07. The number of benzene rings is 1. The highest BCUT2D eigenvalue weighted by Crippen LogP contribution is 2.35. The average molecular weight is 349 g/mol. The van der Waals surface area contributed by atoms with E-state index in [1.165, 1.54) is 0 Å². The molecule has 0 spiro atoms. The van der Waals surface area contributed by atoms with E-state index in [9.17, 15) is 4.79 Å². The lowest BCUT2D eigenvalue weighted by molar-refractivity contribution is 0.101. The van der Waals surface area contributed by atoms with Crippen molar-refractivity contribution in [3.05, 3.63) is 40.6 Å². The van der Waals surface area contributed by atoms with Gasteiger partial charge in [0.2, 0.25) is 0 Å². The van der Waals surface area contributed by atoms with Gasteiger partial charge in [-0.25, -0.2) is 0 Å². The van der Waals surface area contributed by atoms with Crippen LogP contribution in [0.25, 0.3) is 11.1 Å². The molecule has 0 bridgehead atoms. The van der Waals surface area contributed by atoms with Crippen molar-refractivity contribution in [2.45, 2.75) is 6.92 Å². The molecular weight excluding hydrogens is 332 g/mol. The first-order valence-electron chi connectivity index (χ1n) is 6.98. The summed E-state index contributed by atoms with van der Waals surface area (Å²) in [7, 11) is 0. The Bertz CT molecular complexity index is 643. The summed E-state index contributed by atoms with van der Waals surface area (Å²) in [6.45, 7) is 4.61. The number of carbonyl (C=O) groups excluding carboxylic acids is 1. The first-order valence-corrected chi connectivity index (χ1v) is 7.77. The number of anilines is 1. The van der Waals surface area contributed by atoms with Crippen molar-refractivity contribution in [1.82, 2.24) is 4.98 Å². The average Bonchev–Trinajstić information content (AvgIpc) is 2.94. The van der Waals surface area contributed by atoms with Gasteiger partial charge in [0.25, 0.3) is 0 Å². The van der Waals surface area contributed by atoms with Crippen molar-refractivity contribution in [3.8, 4) is 11.1 Å². The van der Waals surface area contributed by atoms with E-state index in [1.807, 2.05) is 18.3 Å². The molecule has 0 radical (unpaired) electrons. The van der Waals surface area contributed by atoms with E-state index in [1.54, 1.807) is 6.92 Å². The van der Waals surface area contributed by atoms with Crippen LogP contribution in [0.2, 0.25) is 0 Å². The summed E-state index contributed by atoms with van der Waals surface area (Å²) in [5.74, 6) is 0.0554. The van der Waals surface area contributed by atoms with Crippen LogP contribution in [0.5, 0.6) is 0 Å². The molecule has 5 heteroatoms. The summed E-state index contributed by atoms with van der Waals surface area (Å²) in [5, 5.41) is 0. The summed E-state index contributed by atoms with van der Waals surface area (Å²) in [5.41, 5.74) is 3.83. The van der Waals surface area contributed by atoms with Crippen LogP contribution in [0, 0.1) is 0 Å². The molecule has 1 aromatic carbocycles. The van der Waals surface area contributed by atoms with Gasteiger partial charge in [-0.3, -0.25) is 4.79 Å². The van der Waals surface area contributed by atoms with Gasteiger partial charge in [0.1, 0.15) is 5.69 Å². The number of ether oxygens (including phenoxy) is 1. The summed E-state index contributed by atoms with van der Waals surface area (Å²) < 4.78 is 6.46. The van der Waals surface area contributed by atoms with Gasteiger partial charge in [0, 0.05) is 36.2 Å². The fourth-order valence-corrected chi connectivity index (χ4v) is 2.91. The maximum Gasteiger partial charge on any atom is 0.178 e. The Kier molecular flexibility index (Phi) is 4.12. The summed E-state index contributed by atoms with van der Waals surface area (Å²) >= 11 is 3.45. The molecule has 0 saturated carbocycles. The summed E-state index contributed by atoms with van der Waals surface area (Å²) in [4.78, 5) is 17.3. The van der Waals surface area contributed by atoms with E-state index < -0.39 is 0 Å². The minimum atomic E-state index is 0.0554. The summed E-state index contributed by atoms with van der Waals surface area (Å²) in [6.07, 6.45) is 1.92. The minimum absolute atomic E-state index is 0.0554. The molecule has 1 saturated heterocycles. The molecule has 1 aliphatic heterocycles. The second kappa shape index (κ2) is 6.03. The van der Waals surface area contributed by atoms with Crippen LogP contribution in [0.1, 0.15) is 17.4 Å². The lowest BCUT2D eigenvalue weighted by Crippen LogP contribution is -2.37. The maximum atomic E-state index is 11.9. The highest BCUT2D eigenvalue weighted by atomic mass is 79.9. The Morgan fingerprint density at radius 2 is 1.90 bits per heavy atom. The van der Waals surface area contributed by atoms with Gasteiger partial charge < -0.3 is 14.6 Å². The molecule has 1 aromatic heterocycles. The number of carbonyl (C=O) groups is 1. The second-order valence-electron chi connectivity index (χ2n) is 5.09. The highest BCUT2D eigenvalue weighted by Gasteiger charge is 2.23. The third kappa shape index (κ3) is 2.89. The number of hydrogen-bond donors (Lipinski definition) is 1. The molecule has 1 aliphatic rings. The van der Waals surface area contributed by atoms with E-state index in [2.05, 4.69) is 37.9 Å². The monoisotopic (exact) mass is 348 g/mol. The van der Waals surface area contributed by atoms with Gasteiger partial charge >= 0.3 is 0 Å². The number of rotatable bonds is 3. The van der Waals surface area contributed by atoms with Crippen LogP contribution in [0.4, 0.5) is 5.69 Å². The number of Topliss-reactive ketones (excluding diaryl/α,β-unsaturated/α-hetero) is 1. The van der Waals surface area contributed by atoms with Gasteiger partial charge in [-0.2, -0.15) is 0 Å². The zero-order valence-electron chi connectivity index (χ0n) is 11.9. The van der Waals surface area contributed by atoms with Crippen molar-refractivity contribution in [3.63, 3.8) is 0 Å². The van der Waals surface area contributed by atoms with Gasteiger partial charge in [-0.1, -0.05) is 28.1 Å². The molecule has 110 valence electrons. The molecule has 21 heavy (non-hydrogen) atoms. The number of ketones is 1.